The van der Waals surface area contributed by atoms with E-state index >= 15 is 0 Å². The molecule has 322 valence electrons. The fourth-order valence-electron chi connectivity index (χ4n) is 7.25. The van der Waals surface area contributed by atoms with E-state index in [1.807, 2.05) is 44.2 Å². The zero-order chi connectivity index (χ0) is 43.6. The van der Waals surface area contributed by atoms with Crippen LogP contribution in [0.1, 0.15) is 105 Å². The van der Waals surface area contributed by atoms with Crippen molar-refractivity contribution in [1.82, 2.24) is 29.9 Å². The lowest BCUT2D eigenvalue weighted by Gasteiger charge is -2.14. The Morgan fingerprint density at radius 2 is 0.951 bits per heavy atom. The molecule has 0 aliphatic rings. The first-order valence-electron chi connectivity index (χ1n) is 21.8. The molecule has 0 aliphatic carbocycles. The number of benzene rings is 4. The summed E-state index contributed by atoms with van der Waals surface area (Å²) >= 11 is 0. The SMILES string of the molecule is CCCCCCCCCCCCOCC(O)COc1ccc(-c2nc(-c3ccc(C)cc3C)nc(-c3ccc(C)cc3C)n2)c(O)c1.Cc1ccc(-c2ncncn2)c(C)c1. The minimum Gasteiger partial charge on any atom is -0.507 e. The summed E-state index contributed by atoms with van der Waals surface area (Å²) in [7, 11) is 0. The zero-order valence-electron chi connectivity index (χ0n) is 37.2. The summed E-state index contributed by atoms with van der Waals surface area (Å²) in [6.07, 6.45) is 15.0. The first-order valence-corrected chi connectivity index (χ1v) is 21.8. The molecule has 0 saturated carbocycles. The van der Waals surface area contributed by atoms with E-state index in [-0.39, 0.29) is 19.0 Å². The van der Waals surface area contributed by atoms with Crippen molar-refractivity contribution in [2.45, 2.75) is 119 Å². The molecular weight excluding hydrogens is 761 g/mol. The number of hydrogen-bond acceptors (Lipinski definition) is 10. The second kappa shape index (κ2) is 24.0. The summed E-state index contributed by atoms with van der Waals surface area (Å²) in [6, 6.07) is 23.6. The molecule has 0 amide bonds. The highest BCUT2D eigenvalue weighted by molar-refractivity contribution is 5.72. The summed E-state index contributed by atoms with van der Waals surface area (Å²) in [6.45, 7) is 15.5. The number of aliphatic hydroxyl groups is 1. The number of nitrogens with zero attached hydrogens (tertiary/aromatic N) is 6. The summed E-state index contributed by atoms with van der Waals surface area (Å²) in [5.41, 5.74) is 10.2. The third kappa shape index (κ3) is 14.5. The van der Waals surface area contributed by atoms with Crippen LogP contribution < -0.4 is 4.74 Å². The summed E-state index contributed by atoms with van der Waals surface area (Å²) < 4.78 is 11.5. The van der Waals surface area contributed by atoms with Crippen molar-refractivity contribution < 1.29 is 19.7 Å². The number of rotatable bonds is 20. The Kier molecular flexibility index (Phi) is 18.3. The summed E-state index contributed by atoms with van der Waals surface area (Å²) in [4.78, 5) is 26.5. The van der Waals surface area contributed by atoms with Gasteiger partial charge in [0.2, 0.25) is 0 Å². The van der Waals surface area contributed by atoms with Crippen LogP contribution in [0.4, 0.5) is 0 Å². The Bertz CT molecular complexity index is 2210. The molecule has 0 saturated heterocycles. The predicted octanol–water partition coefficient (Wildman–Crippen LogP) is 11.6. The van der Waals surface area contributed by atoms with E-state index in [0.29, 0.717) is 35.4 Å². The average molecular weight is 825 g/mol. The number of ether oxygens (including phenoxy) is 2. The van der Waals surface area contributed by atoms with Crippen LogP contribution in [0.3, 0.4) is 0 Å². The predicted molar refractivity (Wildman–Crippen MR) is 246 cm³/mol. The minimum absolute atomic E-state index is 0.0152. The quantitative estimate of drug-likeness (QED) is 0.0716. The van der Waals surface area contributed by atoms with E-state index in [1.165, 1.54) is 81.2 Å². The van der Waals surface area contributed by atoms with Gasteiger partial charge in [-0.05, 0) is 76.8 Å². The van der Waals surface area contributed by atoms with Crippen molar-refractivity contribution in [3.8, 4) is 57.1 Å². The Balaban J connectivity index is 0.000000421. The van der Waals surface area contributed by atoms with Crippen LogP contribution in [0.25, 0.3) is 45.6 Å². The van der Waals surface area contributed by atoms with E-state index in [9.17, 15) is 10.2 Å². The van der Waals surface area contributed by atoms with Crippen LogP contribution in [0.15, 0.2) is 85.5 Å². The van der Waals surface area contributed by atoms with Gasteiger partial charge >= 0.3 is 0 Å². The van der Waals surface area contributed by atoms with Gasteiger partial charge in [0.05, 0.1) is 12.2 Å². The maximum absolute atomic E-state index is 11.1. The number of aryl methyl sites for hydroxylation is 6. The van der Waals surface area contributed by atoms with Gasteiger partial charge in [-0.25, -0.2) is 29.9 Å². The van der Waals surface area contributed by atoms with Crippen LogP contribution in [-0.4, -0.2) is 66.0 Å². The van der Waals surface area contributed by atoms with Crippen LogP contribution in [0.5, 0.6) is 11.5 Å². The fraction of sp³-hybridized carbons (Fsp3) is 0.412. The van der Waals surface area contributed by atoms with Gasteiger partial charge in [-0.15, -0.1) is 0 Å². The molecule has 6 rings (SSSR count). The highest BCUT2D eigenvalue weighted by Gasteiger charge is 2.18. The highest BCUT2D eigenvalue weighted by Crippen LogP contribution is 2.34. The Morgan fingerprint density at radius 1 is 0.508 bits per heavy atom. The molecule has 2 aromatic heterocycles. The lowest BCUT2D eigenvalue weighted by molar-refractivity contribution is 0.0109. The molecule has 1 atom stereocenters. The molecule has 0 spiro atoms. The number of phenolic OH excluding ortho intramolecular Hbond substituents is 1. The monoisotopic (exact) mass is 824 g/mol. The van der Waals surface area contributed by atoms with E-state index in [4.69, 9.17) is 24.4 Å². The maximum Gasteiger partial charge on any atom is 0.167 e. The third-order valence-corrected chi connectivity index (χ3v) is 10.6. The van der Waals surface area contributed by atoms with Crippen molar-refractivity contribution in [1.29, 1.82) is 0 Å². The Labute approximate surface area is 363 Å². The molecule has 0 radical (unpaired) electrons. The van der Waals surface area contributed by atoms with E-state index in [1.54, 1.807) is 12.1 Å². The molecular formula is C51H64N6O4. The van der Waals surface area contributed by atoms with E-state index in [0.717, 1.165) is 57.6 Å². The molecule has 0 bridgehead atoms. The molecule has 6 aromatic rings. The standard InChI is InChI=1S/C40H53N3O4.C11H11N3/c1-6-7-8-9-10-11-12-13-14-15-22-46-26-32(44)27-47-33-18-21-36(37(45)25-33)40-42-38(34-19-16-28(2)23-30(34)4)41-39(43-40)35-20-17-29(3)24-31(35)5;1-8-3-4-10(9(2)5-8)11-13-6-12-7-14-11/h16-21,23-25,32,44-45H,6-15,22,26-27H2,1-5H3;3-7H,1-2H3. The summed E-state index contributed by atoms with van der Waals surface area (Å²) in [5.74, 6) is 2.62. The highest BCUT2D eigenvalue weighted by atomic mass is 16.5. The number of aliphatic hydroxyl groups excluding tert-OH is 1. The van der Waals surface area contributed by atoms with Crippen molar-refractivity contribution >= 4 is 0 Å². The van der Waals surface area contributed by atoms with Gasteiger partial charge in [0.15, 0.2) is 23.3 Å². The number of aromatic hydroxyl groups is 1. The lowest BCUT2D eigenvalue weighted by atomic mass is 10.0. The van der Waals surface area contributed by atoms with Gasteiger partial charge < -0.3 is 19.7 Å². The van der Waals surface area contributed by atoms with Gasteiger partial charge in [-0.2, -0.15) is 0 Å². The largest absolute Gasteiger partial charge is 0.507 e. The molecule has 10 nitrogen and oxygen atoms in total. The summed E-state index contributed by atoms with van der Waals surface area (Å²) in [5, 5.41) is 21.5. The molecule has 1 unspecified atom stereocenters. The smallest absolute Gasteiger partial charge is 0.167 e. The third-order valence-electron chi connectivity index (χ3n) is 10.6. The number of hydrogen-bond donors (Lipinski definition) is 2. The fourth-order valence-corrected chi connectivity index (χ4v) is 7.25. The van der Waals surface area contributed by atoms with Gasteiger partial charge in [-0.3, -0.25) is 0 Å². The molecule has 61 heavy (non-hydrogen) atoms. The number of phenols is 1. The normalized spacial score (nSPS) is 11.5. The first-order chi connectivity index (χ1) is 29.5. The second-order valence-corrected chi connectivity index (χ2v) is 16.1. The van der Waals surface area contributed by atoms with Gasteiger partial charge in [-0.1, -0.05) is 136 Å². The molecule has 10 heteroatoms. The van der Waals surface area contributed by atoms with Crippen LogP contribution >= 0.6 is 0 Å². The lowest BCUT2D eigenvalue weighted by Crippen LogP contribution is -2.23. The molecule has 2 N–H and O–H groups in total. The Hall–Kier alpha value is -5.58. The zero-order valence-corrected chi connectivity index (χ0v) is 37.2. The van der Waals surface area contributed by atoms with Gasteiger partial charge in [0, 0.05) is 29.4 Å². The molecule has 0 aliphatic heterocycles. The van der Waals surface area contributed by atoms with Gasteiger partial charge in [0.25, 0.3) is 0 Å². The van der Waals surface area contributed by atoms with Crippen LogP contribution in [0.2, 0.25) is 0 Å². The van der Waals surface area contributed by atoms with Crippen LogP contribution in [-0.2, 0) is 4.74 Å². The average Bonchev–Trinajstić information content (AvgIpc) is 3.24. The molecule has 4 aromatic carbocycles. The number of unbranched alkanes of at least 4 members (excludes halogenated alkanes) is 9. The number of aromatic nitrogens is 6. The second-order valence-electron chi connectivity index (χ2n) is 16.1. The topological polar surface area (TPSA) is 136 Å². The van der Waals surface area contributed by atoms with E-state index in [2.05, 4.69) is 73.8 Å². The van der Waals surface area contributed by atoms with Crippen molar-refractivity contribution in [2.24, 2.45) is 0 Å². The first kappa shape index (κ1) is 46.5. The molecule has 0 fully saturated rings. The minimum atomic E-state index is -0.760. The van der Waals surface area contributed by atoms with Crippen molar-refractivity contribution in [3.05, 3.63) is 119 Å². The maximum atomic E-state index is 11.1. The van der Waals surface area contributed by atoms with Crippen molar-refractivity contribution in [3.63, 3.8) is 0 Å². The van der Waals surface area contributed by atoms with E-state index < -0.39 is 6.10 Å². The Morgan fingerprint density at radius 3 is 1.43 bits per heavy atom. The van der Waals surface area contributed by atoms with Crippen molar-refractivity contribution in [2.75, 3.05) is 19.8 Å². The van der Waals surface area contributed by atoms with Gasteiger partial charge in [0.1, 0.15) is 36.9 Å². The van der Waals surface area contributed by atoms with Crippen LogP contribution in [0, 0.1) is 41.5 Å². The molecule has 2 heterocycles.